The van der Waals surface area contributed by atoms with E-state index in [1.165, 1.54) is 12.8 Å². The van der Waals surface area contributed by atoms with Crippen molar-refractivity contribution in [3.63, 3.8) is 0 Å². The number of aromatic nitrogens is 2. The number of ether oxygens (including phenoxy) is 1. The molecular formula is C18H31N5O2. The molecule has 2 saturated heterocycles. The number of hydrogen-bond donors (Lipinski definition) is 2. The van der Waals surface area contributed by atoms with Crippen molar-refractivity contribution in [3.05, 3.63) is 18.0 Å². The van der Waals surface area contributed by atoms with Crippen molar-refractivity contribution in [1.82, 2.24) is 20.2 Å². The van der Waals surface area contributed by atoms with Crippen LogP contribution in [-0.4, -0.2) is 78.6 Å². The topological polar surface area (TPSA) is 73.8 Å². The quantitative estimate of drug-likeness (QED) is 0.742. The highest BCUT2D eigenvalue weighted by atomic mass is 16.5. The third-order valence-electron chi connectivity index (χ3n) is 4.98. The number of hydrogen-bond acceptors (Lipinski definition) is 7. The predicted octanol–water partition coefficient (Wildman–Crippen LogP) is 0.496. The summed E-state index contributed by atoms with van der Waals surface area (Å²) in [6.07, 6.45) is 6.03. The summed E-state index contributed by atoms with van der Waals surface area (Å²) in [4.78, 5) is 13.5. The van der Waals surface area contributed by atoms with E-state index >= 15 is 0 Å². The normalized spacial score (nSPS) is 21.4. The number of aliphatic hydroxyl groups is 1. The van der Waals surface area contributed by atoms with Crippen LogP contribution in [0.3, 0.4) is 0 Å². The van der Waals surface area contributed by atoms with Crippen LogP contribution in [0.5, 0.6) is 0 Å². The van der Waals surface area contributed by atoms with Gasteiger partial charge in [0.05, 0.1) is 19.3 Å². The lowest BCUT2D eigenvalue weighted by Gasteiger charge is -2.32. The number of morpholine rings is 1. The molecule has 2 aliphatic heterocycles. The Bertz CT molecular complexity index is 497. The number of nitrogens with zero attached hydrogens (tertiary/aromatic N) is 4. The van der Waals surface area contributed by atoms with Crippen LogP contribution in [0.15, 0.2) is 12.4 Å². The Morgan fingerprint density at radius 1 is 1.20 bits per heavy atom. The summed E-state index contributed by atoms with van der Waals surface area (Å²) in [5.41, 5.74) is 1.13. The second-order valence-corrected chi connectivity index (χ2v) is 7.21. The Balaban J connectivity index is 1.35. The van der Waals surface area contributed by atoms with Crippen LogP contribution in [0.1, 0.15) is 25.3 Å². The molecule has 7 heteroatoms. The summed E-state index contributed by atoms with van der Waals surface area (Å²) >= 11 is 0. The van der Waals surface area contributed by atoms with Crippen molar-refractivity contribution in [3.8, 4) is 0 Å². The molecular weight excluding hydrogens is 318 g/mol. The number of anilines is 1. The first-order chi connectivity index (χ1) is 12.2. The van der Waals surface area contributed by atoms with Crippen molar-refractivity contribution in [2.45, 2.75) is 32.4 Å². The third-order valence-corrected chi connectivity index (χ3v) is 4.98. The second kappa shape index (κ2) is 9.43. The van der Waals surface area contributed by atoms with Crippen LogP contribution >= 0.6 is 0 Å². The van der Waals surface area contributed by atoms with E-state index in [4.69, 9.17) is 4.74 Å². The maximum absolute atomic E-state index is 9.47. The zero-order valence-electron chi connectivity index (χ0n) is 15.2. The van der Waals surface area contributed by atoms with E-state index in [0.717, 1.165) is 76.5 Å². The summed E-state index contributed by atoms with van der Waals surface area (Å²) in [6, 6.07) is 0. The Morgan fingerprint density at radius 2 is 1.88 bits per heavy atom. The molecule has 1 atom stereocenters. The van der Waals surface area contributed by atoms with Gasteiger partial charge in [0.15, 0.2) is 0 Å². The molecule has 1 aromatic rings. The molecule has 2 aliphatic rings. The standard InChI is InChI=1S/C18H31N5O2/c1-15(24)14-22-4-2-16(3-5-22)10-19-11-17-12-20-18(21-13-17)23-6-8-25-9-7-23/h12-13,15-16,19,24H,2-11,14H2,1H3/t15-/m0/s1. The van der Waals surface area contributed by atoms with Crippen molar-refractivity contribution >= 4 is 5.95 Å². The lowest BCUT2D eigenvalue weighted by atomic mass is 9.96. The minimum atomic E-state index is -0.227. The van der Waals surface area contributed by atoms with Crippen LogP contribution in [0.25, 0.3) is 0 Å². The molecule has 2 N–H and O–H groups in total. The highest BCUT2D eigenvalue weighted by Crippen LogP contribution is 2.16. The first-order valence-electron chi connectivity index (χ1n) is 9.45. The molecule has 0 saturated carbocycles. The molecule has 0 bridgehead atoms. The van der Waals surface area contributed by atoms with Crippen LogP contribution in [0.2, 0.25) is 0 Å². The van der Waals surface area contributed by atoms with Gasteiger partial charge in [0.2, 0.25) is 5.95 Å². The molecule has 0 amide bonds. The van der Waals surface area contributed by atoms with Crippen LogP contribution < -0.4 is 10.2 Å². The number of nitrogens with one attached hydrogen (secondary N) is 1. The number of rotatable bonds is 7. The van der Waals surface area contributed by atoms with Gasteiger partial charge in [-0.05, 0) is 45.3 Å². The van der Waals surface area contributed by atoms with E-state index in [9.17, 15) is 5.11 Å². The molecule has 0 aromatic carbocycles. The Labute approximate surface area is 150 Å². The number of aliphatic hydroxyl groups excluding tert-OH is 1. The highest BCUT2D eigenvalue weighted by Gasteiger charge is 2.19. The fourth-order valence-corrected chi connectivity index (χ4v) is 3.53. The molecule has 3 rings (SSSR count). The van der Waals surface area contributed by atoms with Crippen LogP contribution in [0.4, 0.5) is 5.95 Å². The highest BCUT2D eigenvalue weighted by molar-refractivity contribution is 5.30. The lowest BCUT2D eigenvalue weighted by Crippen LogP contribution is -2.40. The summed E-state index contributed by atoms with van der Waals surface area (Å²) in [6.45, 7) is 9.93. The minimum absolute atomic E-state index is 0.227. The van der Waals surface area contributed by atoms with Gasteiger partial charge in [-0.15, -0.1) is 0 Å². The predicted molar refractivity (Wildman–Crippen MR) is 97.6 cm³/mol. The Kier molecular flexibility index (Phi) is 6.98. The fourth-order valence-electron chi connectivity index (χ4n) is 3.53. The number of likely N-dealkylation sites (tertiary alicyclic amines) is 1. The molecule has 1 aromatic heterocycles. The summed E-state index contributed by atoms with van der Waals surface area (Å²) in [5.74, 6) is 1.52. The van der Waals surface area contributed by atoms with Crippen molar-refractivity contribution in [1.29, 1.82) is 0 Å². The molecule has 0 unspecified atom stereocenters. The van der Waals surface area contributed by atoms with Crippen LogP contribution in [0, 0.1) is 5.92 Å². The van der Waals surface area contributed by atoms with E-state index in [1.807, 2.05) is 19.3 Å². The molecule has 25 heavy (non-hydrogen) atoms. The molecule has 140 valence electrons. The van der Waals surface area contributed by atoms with Gasteiger partial charge in [0, 0.05) is 44.1 Å². The molecule has 7 nitrogen and oxygen atoms in total. The zero-order valence-corrected chi connectivity index (χ0v) is 15.2. The van der Waals surface area contributed by atoms with Gasteiger partial charge in [0.25, 0.3) is 0 Å². The van der Waals surface area contributed by atoms with Gasteiger partial charge < -0.3 is 25.0 Å². The van der Waals surface area contributed by atoms with Crippen molar-refractivity contribution in [2.75, 3.05) is 57.4 Å². The van der Waals surface area contributed by atoms with Crippen LogP contribution in [-0.2, 0) is 11.3 Å². The monoisotopic (exact) mass is 349 g/mol. The van der Waals surface area contributed by atoms with E-state index in [0.29, 0.717) is 0 Å². The van der Waals surface area contributed by atoms with E-state index in [-0.39, 0.29) is 6.10 Å². The van der Waals surface area contributed by atoms with E-state index in [1.54, 1.807) is 0 Å². The first-order valence-corrected chi connectivity index (χ1v) is 9.45. The number of β-amino-alcohol motifs (C(OH)–C–C–N with tert-alkyl or cyclic N) is 1. The summed E-state index contributed by atoms with van der Waals surface area (Å²) in [5, 5.41) is 13.0. The largest absolute Gasteiger partial charge is 0.392 e. The molecule has 3 heterocycles. The lowest BCUT2D eigenvalue weighted by molar-refractivity contribution is 0.0998. The fraction of sp³-hybridized carbons (Fsp3) is 0.778. The maximum Gasteiger partial charge on any atom is 0.225 e. The van der Waals surface area contributed by atoms with Gasteiger partial charge in [-0.3, -0.25) is 0 Å². The maximum atomic E-state index is 9.47. The first kappa shape index (κ1) is 18.5. The molecule has 0 radical (unpaired) electrons. The second-order valence-electron chi connectivity index (χ2n) is 7.21. The number of piperidine rings is 1. The van der Waals surface area contributed by atoms with Gasteiger partial charge in [-0.25, -0.2) is 9.97 Å². The van der Waals surface area contributed by atoms with Crippen molar-refractivity contribution in [2.24, 2.45) is 5.92 Å². The summed E-state index contributed by atoms with van der Waals surface area (Å²) < 4.78 is 5.36. The Hall–Kier alpha value is -1.28. The Morgan fingerprint density at radius 3 is 2.52 bits per heavy atom. The van der Waals surface area contributed by atoms with Gasteiger partial charge in [0.1, 0.15) is 0 Å². The molecule has 0 spiro atoms. The smallest absolute Gasteiger partial charge is 0.225 e. The van der Waals surface area contributed by atoms with Gasteiger partial charge >= 0.3 is 0 Å². The van der Waals surface area contributed by atoms with Gasteiger partial charge in [-0.2, -0.15) is 0 Å². The summed E-state index contributed by atoms with van der Waals surface area (Å²) in [7, 11) is 0. The third kappa shape index (κ3) is 5.88. The van der Waals surface area contributed by atoms with Crippen molar-refractivity contribution < 1.29 is 9.84 Å². The van der Waals surface area contributed by atoms with E-state index in [2.05, 4.69) is 25.1 Å². The average molecular weight is 349 g/mol. The van der Waals surface area contributed by atoms with E-state index < -0.39 is 0 Å². The molecule has 0 aliphatic carbocycles. The zero-order chi connectivity index (χ0) is 17.5. The molecule has 2 fully saturated rings. The van der Waals surface area contributed by atoms with Gasteiger partial charge in [-0.1, -0.05) is 0 Å². The average Bonchev–Trinajstić information content (AvgIpc) is 2.64. The minimum Gasteiger partial charge on any atom is -0.392 e. The SMILES string of the molecule is C[C@H](O)CN1CCC(CNCc2cnc(N3CCOCC3)nc2)CC1.